The van der Waals surface area contributed by atoms with Gasteiger partial charge in [0.2, 0.25) is 11.7 Å². The number of rotatable bonds is 4. The Morgan fingerprint density at radius 1 is 1.36 bits per heavy atom. The van der Waals surface area contributed by atoms with E-state index < -0.39 is 11.8 Å². The Morgan fingerprint density at radius 2 is 2.16 bits per heavy atom. The Hall–Kier alpha value is -2.69. The van der Waals surface area contributed by atoms with Gasteiger partial charge in [0.15, 0.2) is 5.69 Å². The lowest BCUT2D eigenvalue weighted by molar-refractivity contribution is 0.239. The summed E-state index contributed by atoms with van der Waals surface area (Å²) in [5, 5.41) is 27.6. The van der Waals surface area contributed by atoms with Crippen molar-refractivity contribution in [3.63, 3.8) is 0 Å². The SMILES string of the molecule is O=C(Nc1nonc1/C(=N/O)Nc1ccc(F)c(Br)c1)NC1CCC1. The van der Waals surface area contributed by atoms with E-state index in [-0.39, 0.29) is 27.9 Å². The maximum atomic E-state index is 13.3. The molecule has 1 aliphatic carbocycles. The molecule has 11 heteroatoms. The number of aromatic nitrogens is 2. The summed E-state index contributed by atoms with van der Waals surface area (Å²) in [4.78, 5) is 11.9. The average Bonchev–Trinajstić information content (AvgIpc) is 3.00. The van der Waals surface area contributed by atoms with Crippen molar-refractivity contribution in [2.45, 2.75) is 25.3 Å². The number of hydrogen-bond acceptors (Lipinski definition) is 6. The maximum absolute atomic E-state index is 13.3. The summed E-state index contributed by atoms with van der Waals surface area (Å²) in [7, 11) is 0. The lowest BCUT2D eigenvalue weighted by Gasteiger charge is -2.26. The molecule has 0 spiro atoms. The Kier molecular flexibility index (Phi) is 5.12. The molecule has 2 aromatic rings. The molecule has 0 aliphatic heterocycles. The predicted octanol–water partition coefficient (Wildman–Crippen LogP) is 2.89. The molecule has 1 aromatic carbocycles. The van der Waals surface area contributed by atoms with Crippen LogP contribution in [0.1, 0.15) is 25.0 Å². The molecule has 0 unspecified atom stereocenters. The number of carbonyl (C=O) groups is 1. The molecule has 1 fully saturated rings. The average molecular weight is 413 g/mol. The third-order valence-corrected chi connectivity index (χ3v) is 4.28. The minimum atomic E-state index is -0.455. The van der Waals surface area contributed by atoms with Gasteiger partial charge >= 0.3 is 6.03 Å². The standard InChI is InChI=1S/C14H14BrFN6O3/c15-9-6-8(4-5-10(9)16)17-12(20-24)11-13(22-25-21-11)19-14(23)18-7-2-1-3-7/h4-7,24H,1-3H2,(H,17,20)(H2,18,19,22,23). The first-order valence-corrected chi connectivity index (χ1v) is 8.20. The molecule has 4 N–H and O–H groups in total. The van der Waals surface area contributed by atoms with Gasteiger partial charge in [0, 0.05) is 11.7 Å². The molecule has 132 valence electrons. The summed E-state index contributed by atoms with van der Waals surface area (Å²) >= 11 is 3.06. The first kappa shape index (κ1) is 17.1. The summed E-state index contributed by atoms with van der Waals surface area (Å²) in [5.74, 6) is -0.580. The first-order chi connectivity index (χ1) is 12.1. The van der Waals surface area contributed by atoms with E-state index in [0.717, 1.165) is 19.3 Å². The molecule has 1 aromatic heterocycles. The second kappa shape index (κ2) is 7.47. The molecule has 9 nitrogen and oxygen atoms in total. The highest BCUT2D eigenvalue weighted by atomic mass is 79.9. The van der Waals surface area contributed by atoms with Crippen LogP contribution in [0.25, 0.3) is 0 Å². The van der Waals surface area contributed by atoms with Crippen LogP contribution in [0.15, 0.2) is 32.5 Å². The summed E-state index contributed by atoms with van der Waals surface area (Å²) in [5.41, 5.74) is 0.417. The van der Waals surface area contributed by atoms with E-state index in [1.807, 2.05) is 0 Å². The van der Waals surface area contributed by atoms with Crippen molar-refractivity contribution in [1.82, 2.24) is 15.6 Å². The molecule has 0 saturated heterocycles. The zero-order valence-corrected chi connectivity index (χ0v) is 14.4. The fourth-order valence-corrected chi connectivity index (χ4v) is 2.53. The van der Waals surface area contributed by atoms with Crippen molar-refractivity contribution in [2.24, 2.45) is 5.16 Å². The summed E-state index contributed by atoms with van der Waals surface area (Å²) in [6.45, 7) is 0. The molecule has 0 bridgehead atoms. The lowest BCUT2D eigenvalue weighted by Crippen LogP contribution is -2.42. The zero-order chi connectivity index (χ0) is 17.8. The first-order valence-electron chi connectivity index (χ1n) is 7.41. The molecule has 2 amide bonds. The lowest BCUT2D eigenvalue weighted by atomic mass is 9.93. The Morgan fingerprint density at radius 3 is 2.80 bits per heavy atom. The van der Waals surface area contributed by atoms with E-state index in [4.69, 9.17) is 0 Å². The monoisotopic (exact) mass is 412 g/mol. The van der Waals surface area contributed by atoms with Gasteiger partial charge in [0.25, 0.3) is 0 Å². The van der Waals surface area contributed by atoms with Crippen LogP contribution < -0.4 is 16.0 Å². The Balaban J connectivity index is 1.72. The molecular formula is C14H14BrFN6O3. The molecule has 1 saturated carbocycles. The second-order valence-electron chi connectivity index (χ2n) is 5.39. The van der Waals surface area contributed by atoms with E-state index in [1.165, 1.54) is 18.2 Å². The maximum Gasteiger partial charge on any atom is 0.320 e. The number of halogens is 2. The minimum absolute atomic E-state index is 0.00768. The smallest absolute Gasteiger partial charge is 0.320 e. The number of amides is 2. The van der Waals surface area contributed by atoms with Gasteiger partial charge in [-0.2, -0.15) is 0 Å². The molecule has 25 heavy (non-hydrogen) atoms. The van der Waals surface area contributed by atoms with Crippen molar-refractivity contribution in [1.29, 1.82) is 0 Å². The molecule has 0 radical (unpaired) electrons. The highest BCUT2D eigenvalue weighted by Gasteiger charge is 2.23. The largest absolute Gasteiger partial charge is 0.409 e. The number of urea groups is 1. The topological polar surface area (TPSA) is 125 Å². The molecule has 1 heterocycles. The number of hydrogen-bond donors (Lipinski definition) is 4. The van der Waals surface area contributed by atoms with Crippen LogP contribution in [0.3, 0.4) is 0 Å². The number of anilines is 2. The van der Waals surface area contributed by atoms with Crippen molar-refractivity contribution in [3.8, 4) is 0 Å². The van der Waals surface area contributed by atoms with Crippen molar-refractivity contribution in [3.05, 3.63) is 34.2 Å². The number of oxime groups is 1. The minimum Gasteiger partial charge on any atom is -0.409 e. The van der Waals surface area contributed by atoms with Gasteiger partial charge in [-0.05, 0) is 63.7 Å². The van der Waals surface area contributed by atoms with Gasteiger partial charge < -0.3 is 15.8 Å². The highest BCUT2D eigenvalue weighted by molar-refractivity contribution is 9.10. The molecule has 0 atom stereocenters. The normalized spacial score (nSPS) is 14.7. The number of carbonyl (C=O) groups excluding carboxylic acids is 1. The number of amidine groups is 1. The van der Waals surface area contributed by atoms with Crippen LogP contribution in [0.5, 0.6) is 0 Å². The fourth-order valence-electron chi connectivity index (χ4n) is 2.15. The van der Waals surface area contributed by atoms with Gasteiger partial charge in [0.1, 0.15) is 5.82 Å². The Labute approximate surface area is 149 Å². The van der Waals surface area contributed by atoms with Crippen LogP contribution in [-0.4, -0.2) is 33.4 Å². The third-order valence-electron chi connectivity index (χ3n) is 3.67. The van der Waals surface area contributed by atoms with Crippen LogP contribution in [0, 0.1) is 5.82 Å². The Bertz CT molecular complexity index is 808. The van der Waals surface area contributed by atoms with Gasteiger partial charge in [0.05, 0.1) is 4.47 Å². The number of nitrogens with zero attached hydrogens (tertiary/aromatic N) is 3. The van der Waals surface area contributed by atoms with Crippen LogP contribution >= 0.6 is 15.9 Å². The van der Waals surface area contributed by atoms with Gasteiger partial charge in [-0.1, -0.05) is 5.16 Å². The summed E-state index contributed by atoms with van der Waals surface area (Å²) < 4.78 is 18.1. The van der Waals surface area contributed by atoms with Crippen LogP contribution in [0.2, 0.25) is 0 Å². The van der Waals surface area contributed by atoms with Gasteiger partial charge in [-0.25, -0.2) is 13.8 Å². The molecule has 1 aliphatic rings. The fraction of sp³-hybridized carbons (Fsp3) is 0.286. The van der Waals surface area contributed by atoms with E-state index in [1.54, 1.807) is 0 Å². The van der Waals surface area contributed by atoms with Gasteiger partial charge in [-0.3, -0.25) is 5.32 Å². The molecule has 3 rings (SSSR count). The van der Waals surface area contributed by atoms with Crippen LogP contribution in [-0.2, 0) is 0 Å². The zero-order valence-electron chi connectivity index (χ0n) is 12.8. The number of nitrogens with one attached hydrogen (secondary N) is 3. The van der Waals surface area contributed by atoms with Crippen molar-refractivity contribution >= 4 is 39.3 Å². The summed E-state index contributed by atoms with van der Waals surface area (Å²) in [6, 6.07) is 3.81. The second-order valence-corrected chi connectivity index (χ2v) is 6.24. The van der Waals surface area contributed by atoms with E-state index >= 15 is 0 Å². The quantitative estimate of drug-likeness (QED) is 0.265. The van der Waals surface area contributed by atoms with E-state index in [9.17, 15) is 14.4 Å². The van der Waals surface area contributed by atoms with Crippen molar-refractivity contribution in [2.75, 3.05) is 10.6 Å². The highest BCUT2D eigenvalue weighted by Crippen LogP contribution is 2.22. The van der Waals surface area contributed by atoms with Crippen LogP contribution in [0.4, 0.5) is 20.7 Å². The van der Waals surface area contributed by atoms with Gasteiger partial charge in [-0.15, -0.1) is 0 Å². The third kappa shape index (κ3) is 4.05. The van der Waals surface area contributed by atoms with E-state index in [0.29, 0.717) is 5.69 Å². The number of benzene rings is 1. The molecular weight excluding hydrogens is 399 g/mol. The van der Waals surface area contributed by atoms with Crippen molar-refractivity contribution < 1.29 is 19.0 Å². The predicted molar refractivity (Wildman–Crippen MR) is 90.1 cm³/mol. The van der Waals surface area contributed by atoms with E-state index in [2.05, 4.69) is 52.0 Å². The summed E-state index contributed by atoms with van der Waals surface area (Å²) in [6.07, 6.45) is 2.95.